The van der Waals surface area contributed by atoms with Gasteiger partial charge in [-0.2, -0.15) is 16.1 Å². The maximum atomic E-state index is 13.1. The second kappa shape index (κ2) is 7.61. The van der Waals surface area contributed by atoms with Gasteiger partial charge in [0, 0.05) is 24.1 Å². The van der Waals surface area contributed by atoms with Crippen molar-refractivity contribution in [1.82, 2.24) is 4.31 Å². The predicted molar refractivity (Wildman–Crippen MR) is 104 cm³/mol. The number of rotatable bonds is 4. The second-order valence-electron chi connectivity index (χ2n) is 6.32. The van der Waals surface area contributed by atoms with E-state index in [0.29, 0.717) is 18.8 Å². The lowest BCUT2D eigenvalue weighted by molar-refractivity contribution is 0.174. The van der Waals surface area contributed by atoms with Gasteiger partial charge in [0.1, 0.15) is 10.6 Å². The molecule has 2 aromatic carbocycles. The summed E-state index contributed by atoms with van der Waals surface area (Å²) in [7, 11) is -2.10. The molecule has 2 aliphatic heterocycles. The van der Waals surface area contributed by atoms with Gasteiger partial charge in [-0.3, -0.25) is 0 Å². The molecule has 2 aliphatic rings. The van der Waals surface area contributed by atoms with E-state index in [1.54, 1.807) is 40.3 Å². The number of fused-ring (bicyclic) bond motifs is 1. The average Bonchev–Trinajstić information content (AvgIpc) is 3.01. The highest BCUT2D eigenvalue weighted by atomic mass is 32.2. The van der Waals surface area contributed by atoms with Crippen LogP contribution in [0.1, 0.15) is 17.2 Å². The predicted octanol–water partition coefficient (Wildman–Crippen LogP) is 3.29. The molecule has 0 amide bonds. The van der Waals surface area contributed by atoms with E-state index in [1.807, 2.05) is 18.2 Å². The quantitative estimate of drug-likeness (QED) is 0.775. The Labute approximate surface area is 163 Å². The van der Waals surface area contributed by atoms with Gasteiger partial charge in [-0.05, 0) is 36.2 Å². The Kier molecular flexibility index (Phi) is 5.21. The van der Waals surface area contributed by atoms with E-state index in [4.69, 9.17) is 14.2 Å². The van der Waals surface area contributed by atoms with Crippen LogP contribution in [0.2, 0.25) is 0 Å². The largest absolute Gasteiger partial charge is 0.495 e. The smallest absolute Gasteiger partial charge is 0.246 e. The number of sulfonamides is 1. The molecule has 0 aliphatic carbocycles. The first kappa shape index (κ1) is 18.5. The van der Waals surface area contributed by atoms with Crippen molar-refractivity contribution in [1.29, 1.82) is 0 Å². The van der Waals surface area contributed by atoms with Gasteiger partial charge in [-0.15, -0.1) is 0 Å². The Balaban J connectivity index is 1.53. The van der Waals surface area contributed by atoms with E-state index in [0.717, 1.165) is 29.2 Å². The summed E-state index contributed by atoms with van der Waals surface area (Å²) in [6.07, 6.45) is 0.735. The monoisotopic (exact) mass is 407 g/mol. The lowest BCUT2D eigenvalue weighted by atomic mass is 10.1. The van der Waals surface area contributed by atoms with Crippen LogP contribution in [-0.2, 0) is 10.0 Å². The molecule has 1 fully saturated rings. The lowest BCUT2D eigenvalue weighted by Crippen LogP contribution is -2.33. The molecule has 2 aromatic rings. The molecule has 0 spiro atoms. The number of benzene rings is 2. The third-order valence-electron chi connectivity index (χ3n) is 4.76. The second-order valence-corrected chi connectivity index (χ2v) is 9.53. The van der Waals surface area contributed by atoms with Crippen molar-refractivity contribution < 1.29 is 22.6 Å². The van der Waals surface area contributed by atoms with Crippen molar-refractivity contribution in [3.05, 3.63) is 48.0 Å². The Morgan fingerprint density at radius 2 is 1.93 bits per heavy atom. The summed E-state index contributed by atoms with van der Waals surface area (Å²) in [4.78, 5) is 0.221. The van der Waals surface area contributed by atoms with Crippen molar-refractivity contribution in [2.45, 2.75) is 16.6 Å². The highest BCUT2D eigenvalue weighted by molar-refractivity contribution is 7.99. The van der Waals surface area contributed by atoms with E-state index in [2.05, 4.69) is 0 Å². The summed E-state index contributed by atoms with van der Waals surface area (Å²) < 4.78 is 43.9. The van der Waals surface area contributed by atoms with Crippen molar-refractivity contribution in [2.75, 3.05) is 32.7 Å². The number of thioether (sulfide) groups is 1. The molecule has 0 radical (unpaired) electrons. The minimum atomic E-state index is -3.59. The molecule has 8 heteroatoms. The lowest BCUT2D eigenvalue weighted by Gasteiger charge is -2.21. The van der Waals surface area contributed by atoms with Gasteiger partial charge in [0.2, 0.25) is 16.8 Å². The molecule has 1 saturated heterocycles. The number of ether oxygens (including phenoxy) is 3. The van der Waals surface area contributed by atoms with Gasteiger partial charge in [0.15, 0.2) is 11.5 Å². The van der Waals surface area contributed by atoms with Gasteiger partial charge in [-0.1, -0.05) is 18.2 Å². The third-order valence-corrected chi connectivity index (χ3v) is 8.02. The molecule has 6 nitrogen and oxygen atoms in total. The van der Waals surface area contributed by atoms with Gasteiger partial charge in [0.05, 0.1) is 7.11 Å². The molecule has 27 heavy (non-hydrogen) atoms. The van der Waals surface area contributed by atoms with Crippen molar-refractivity contribution in [3.63, 3.8) is 0 Å². The van der Waals surface area contributed by atoms with Crippen LogP contribution in [0.25, 0.3) is 0 Å². The molecule has 0 aromatic heterocycles. The number of nitrogens with zero attached hydrogens (tertiary/aromatic N) is 1. The number of hydrogen-bond acceptors (Lipinski definition) is 6. The number of methoxy groups -OCH3 is 1. The SMILES string of the molecule is COc1ccccc1S(=O)(=O)N1CCSC(c2ccc3c(c2)OCO3)CC1. The summed E-state index contributed by atoms with van der Waals surface area (Å²) in [6, 6.07) is 12.7. The summed E-state index contributed by atoms with van der Waals surface area (Å²) >= 11 is 1.77. The number of hydrogen-bond donors (Lipinski definition) is 0. The maximum Gasteiger partial charge on any atom is 0.246 e. The van der Waals surface area contributed by atoms with Gasteiger partial charge in [0.25, 0.3) is 0 Å². The van der Waals surface area contributed by atoms with Crippen LogP contribution in [0.3, 0.4) is 0 Å². The summed E-state index contributed by atoms with van der Waals surface area (Å²) in [6.45, 7) is 1.19. The normalized spacial score (nSPS) is 20.3. The molecule has 0 N–H and O–H groups in total. The number of para-hydroxylation sites is 1. The van der Waals surface area contributed by atoms with E-state index in [9.17, 15) is 8.42 Å². The zero-order valence-electron chi connectivity index (χ0n) is 15.0. The van der Waals surface area contributed by atoms with Crippen LogP contribution >= 0.6 is 11.8 Å². The van der Waals surface area contributed by atoms with E-state index < -0.39 is 10.0 Å². The topological polar surface area (TPSA) is 65.1 Å². The molecule has 4 rings (SSSR count). The third kappa shape index (κ3) is 3.61. The highest BCUT2D eigenvalue weighted by Crippen LogP contribution is 2.41. The van der Waals surface area contributed by atoms with Gasteiger partial charge < -0.3 is 14.2 Å². The Bertz CT molecular complexity index is 931. The Hall–Kier alpha value is -1.90. The molecular weight excluding hydrogens is 386 g/mol. The fourth-order valence-electron chi connectivity index (χ4n) is 3.34. The molecule has 1 unspecified atom stereocenters. The van der Waals surface area contributed by atoms with E-state index in [-0.39, 0.29) is 16.9 Å². The Morgan fingerprint density at radius 1 is 1.11 bits per heavy atom. The van der Waals surface area contributed by atoms with Gasteiger partial charge >= 0.3 is 0 Å². The fraction of sp³-hybridized carbons (Fsp3) is 0.368. The zero-order chi connectivity index (χ0) is 18.9. The van der Waals surface area contributed by atoms with Crippen molar-refractivity contribution >= 4 is 21.8 Å². The Morgan fingerprint density at radius 3 is 2.78 bits per heavy atom. The van der Waals surface area contributed by atoms with Crippen LogP contribution in [-0.4, -0.2) is 45.5 Å². The minimum absolute atomic E-state index is 0.220. The first-order valence-corrected chi connectivity index (χ1v) is 11.2. The van der Waals surface area contributed by atoms with E-state index in [1.165, 1.54) is 7.11 Å². The summed E-state index contributed by atoms with van der Waals surface area (Å²) in [5.74, 6) is 2.63. The first-order valence-electron chi connectivity index (χ1n) is 8.74. The van der Waals surface area contributed by atoms with Crippen LogP contribution < -0.4 is 14.2 Å². The van der Waals surface area contributed by atoms with Gasteiger partial charge in [-0.25, -0.2) is 8.42 Å². The molecule has 1 atom stereocenters. The molecular formula is C19H21NO5S2. The van der Waals surface area contributed by atoms with Crippen molar-refractivity contribution in [3.8, 4) is 17.2 Å². The standard InChI is InChI=1S/C19H21NO5S2/c1-23-16-4-2-3-5-19(16)27(21,22)20-9-8-18(26-11-10-20)14-6-7-15-17(12-14)25-13-24-15/h2-7,12,18H,8-11,13H2,1H3. The molecule has 2 heterocycles. The summed E-state index contributed by atoms with van der Waals surface area (Å²) in [5.41, 5.74) is 1.14. The molecule has 144 valence electrons. The van der Waals surface area contributed by atoms with Crippen LogP contribution in [0.5, 0.6) is 17.2 Å². The molecule has 0 bridgehead atoms. The summed E-state index contributed by atoms with van der Waals surface area (Å²) in [5, 5.41) is 0.220. The van der Waals surface area contributed by atoms with Crippen molar-refractivity contribution in [2.24, 2.45) is 0 Å². The maximum absolute atomic E-state index is 13.1. The van der Waals surface area contributed by atoms with Crippen LogP contribution in [0.4, 0.5) is 0 Å². The van der Waals surface area contributed by atoms with Crippen LogP contribution in [0, 0.1) is 0 Å². The first-order chi connectivity index (χ1) is 13.1. The fourth-order valence-corrected chi connectivity index (χ4v) is 6.29. The average molecular weight is 408 g/mol. The highest BCUT2D eigenvalue weighted by Gasteiger charge is 2.30. The van der Waals surface area contributed by atoms with E-state index >= 15 is 0 Å². The zero-order valence-corrected chi connectivity index (χ0v) is 16.6. The minimum Gasteiger partial charge on any atom is -0.495 e. The molecule has 0 saturated carbocycles. The van der Waals surface area contributed by atoms with Crippen LogP contribution in [0.15, 0.2) is 47.4 Å².